The summed E-state index contributed by atoms with van der Waals surface area (Å²) in [7, 11) is 1.24. The molecule has 3 aromatic heterocycles. The van der Waals surface area contributed by atoms with Crippen molar-refractivity contribution in [2.45, 2.75) is 43.8 Å². The quantitative estimate of drug-likeness (QED) is 0.340. The minimum absolute atomic E-state index is 0.0682. The van der Waals surface area contributed by atoms with Gasteiger partial charge in [-0.15, -0.1) is 0 Å². The maximum absolute atomic E-state index is 14.9. The average molecular weight is 582 g/mol. The normalized spacial score (nSPS) is 19.8. The molecule has 220 valence electrons. The van der Waals surface area contributed by atoms with Crippen LogP contribution in [0.3, 0.4) is 0 Å². The summed E-state index contributed by atoms with van der Waals surface area (Å²) in [5.41, 5.74) is 3.97. The molecule has 5 rings (SSSR count). The zero-order valence-corrected chi connectivity index (χ0v) is 21.8. The van der Waals surface area contributed by atoms with Crippen LogP contribution in [0.4, 0.5) is 28.2 Å². The largest absolute Gasteiger partial charge is 0.480 e. The van der Waals surface area contributed by atoms with Gasteiger partial charge in [0.2, 0.25) is 5.88 Å². The van der Waals surface area contributed by atoms with Gasteiger partial charge in [-0.1, -0.05) is 12.8 Å². The van der Waals surface area contributed by atoms with E-state index in [1.807, 2.05) is 0 Å². The number of aliphatic hydroxyl groups is 1. The summed E-state index contributed by atoms with van der Waals surface area (Å²) in [6, 6.07) is 0.934. The number of aromatic nitrogens is 4. The molecule has 0 spiro atoms. The van der Waals surface area contributed by atoms with Crippen LogP contribution in [0.2, 0.25) is 0 Å². The maximum atomic E-state index is 14.9. The lowest BCUT2D eigenvalue weighted by atomic mass is 10.1. The average Bonchev–Trinajstić information content (AvgIpc) is 3.54. The second-order valence-electron chi connectivity index (χ2n) is 10.00. The van der Waals surface area contributed by atoms with Crippen LogP contribution in [0.1, 0.15) is 35.2 Å². The predicted molar refractivity (Wildman–Crippen MR) is 135 cm³/mol. The number of ether oxygens (including phenoxy) is 2. The number of nitrogens with two attached hydrogens (primary N) is 1. The van der Waals surface area contributed by atoms with Gasteiger partial charge in [-0.3, -0.25) is 4.79 Å². The number of hydrogen-bond acceptors (Lipinski definition) is 9. The molecule has 12 nitrogen and oxygen atoms in total. The molecule has 0 bridgehead atoms. The van der Waals surface area contributed by atoms with E-state index in [1.54, 1.807) is 0 Å². The van der Waals surface area contributed by atoms with Crippen molar-refractivity contribution in [3.63, 3.8) is 0 Å². The van der Waals surface area contributed by atoms with Crippen LogP contribution in [0, 0.1) is 5.92 Å². The summed E-state index contributed by atoms with van der Waals surface area (Å²) in [5.74, 6) is -0.984. The number of aliphatic hydroxyl groups excluding tert-OH is 1. The summed E-state index contributed by atoms with van der Waals surface area (Å²) in [6.07, 6.45) is -3.18. The molecule has 4 N–H and O–H groups in total. The standard InChI is InChI=1S/C25H27F4N7O5/c1-40-23-15(5-13(7-31-23)19-6-16(25(27,28)29)20-21(30)32-11-33-36(19)20)22(38)34-18-9-35(8-17(18)26)24(39)41-14(10-37)4-12-2-3-12/h5-7,11-12,14,17-18,37H,2-4,8-10H2,1H3,(H,34,38)(H2,30,32,33)/t14-,17+,18-/m1/s1. The van der Waals surface area contributed by atoms with Gasteiger partial charge in [0.25, 0.3) is 5.91 Å². The third kappa shape index (κ3) is 5.82. The number of nitrogen functional groups attached to an aromatic ring is 1. The van der Waals surface area contributed by atoms with E-state index < -0.39 is 53.4 Å². The van der Waals surface area contributed by atoms with Crippen molar-refractivity contribution in [3.8, 4) is 17.1 Å². The fourth-order valence-electron chi connectivity index (χ4n) is 4.81. The van der Waals surface area contributed by atoms with Crippen molar-refractivity contribution < 1.29 is 41.7 Å². The number of hydrogen-bond donors (Lipinski definition) is 3. The molecule has 3 atom stereocenters. The highest BCUT2D eigenvalue weighted by Gasteiger charge is 2.39. The van der Waals surface area contributed by atoms with Crippen molar-refractivity contribution in [2.24, 2.45) is 5.92 Å². The lowest BCUT2D eigenvalue weighted by Crippen LogP contribution is -2.42. The Morgan fingerprint density at radius 2 is 2.00 bits per heavy atom. The van der Waals surface area contributed by atoms with Crippen LogP contribution < -0.4 is 15.8 Å². The molecule has 3 aromatic rings. The Hall–Kier alpha value is -4.21. The molecule has 1 saturated carbocycles. The van der Waals surface area contributed by atoms with E-state index in [0.717, 1.165) is 34.7 Å². The van der Waals surface area contributed by atoms with Crippen molar-refractivity contribution in [3.05, 3.63) is 35.8 Å². The summed E-state index contributed by atoms with van der Waals surface area (Å²) < 4.78 is 67.5. The summed E-state index contributed by atoms with van der Waals surface area (Å²) in [6.45, 7) is -0.881. The summed E-state index contributed by atoms with van der Waals surface area (Å²) in [4.78, 5) is 34.6. The highest BCUT2D eigenvalue weighted by Crippen LogP contribution is 2.39. The smallest absolute Gasteiger partial charge is 0.418 e. The Balaban J connectivity index is 1.36. The van der Waals surface area contributed by atoms with Crippen LogP contribution in [0.5, 0.6) is 5.88 Å². The van der Waals surface area contributed by atoms with Gasteiger partial charge in [0.15, 0.2) is 5.82 Å². The first-order valence-corrected chi connectivity index (χ1v) is 12.7. The molecule has 16 heteroatoms. The molecule has 0 aromatic carbocycles. The number of likely N-dealkylation sites (tertiary alicyclic amines) is 1. The van der Waals surface area contributed by atoms with Gasteiger partial charge >= 0.3 is 12.3 Å². The van der Waals surface area contributed by atoms with E-state index in [4.69, 9.17) is 15.2 Å². The molecular formula is C25H27F4N7O5. The van der Waals surface area contributed by atoms with Gasteiger partial charge < -0.3 is 30.5 Å². The number of fused-ring (bicyclic) bond motifs is 1. The van der Waals surface area contributed by atoms with Crippen LogP contribution in [0.25, 0.3) is 16.8 Å². The van der Waals surface area contributed by atoms with E-state index in [9.17, 15) is 32.3 Å². The second kappa shape index (κ2) is 11.0. The maximum Gasteiger partial charge on any atom is 0.418 e. The number of amides is 2. The number of halogens is 4. The number of methoxy groups -OCH3 is 1. The lowest BCUT2D eigenvalue weighted by Gasteiger charge is -2.21. The molecule has 1 aliphatic carbocycles. The molecule has 2 amide bonds. The van der Waals surface area contributed by atoms with Gasteiger partial charge in [-0.25, -0.2) is 23.7 Å². The third-order valence-corrected chi connectivity index (χ3v) is 7.06. The molecule has 1 saturated heterocycles. The van der Waals surface area contributed by atoms with Crippen LogP contribution >= 0.6 is 0 Å². The minimum Gasteiger partial charge on any atom is -0.480 e. The lowest BCUT2D eigenvalue weighted by molar-refractivity contribution is -0.136. The van der Waals surface area contributed by atoms with E-state index in [1.165, 1.54) is 19.4 Å². The van der Waals surface area contributed by atoms with Crippen LogP contribution in [-0.2, 0) is 10.9 Å². The van der Waals surface area contributed by atoms with Gasteiger partial charge in [0, 0.05) is 18.3 Å². The van der Waals surface area contributed by atoms with Crippen molar-refractivity contribution in [1.29, 1.82) is 0 Å². The van der Waals surface area contributed by atoms with Crippen LogP contribution in [-0.4, -0.2) is 86.7 Å². The monoisotopic (exact) mass is 581 g/mol. The molecule has 2 fully saturated rings. The molecule has 4 heterocycles. The number of nitrogens with one attached hydrogen (secondary N) is 1. The number of nitrogens with zero attached hydrogens (tertiary/aromatic N) is 5. The number of pyridine rings is 1. The molecule has 1 aliphatic heterocycles. The zero-order valence-electron chi connectivity index (χ0n) is 21.8. The predicted octanol–water partition coefficient (Wildman–Crippen LogP) is 2.45. The zero-order chi connectivity index (χ0) is 29.5. The fourth-order valence-corrected chi connectivity index (χ4v) is 4.81. The van der Waals surface area contributed by atoms with E-state index in [2.05, 4.69) is 20.4 Å². The first kappa shape index (κ1) is 28.3. The van der Waals surface area contributed by atoms with E-state index in [-0.39, 0.29) is 42.4 Å². The topological polar surface area (TPSA) is 157 Å². The third-order valence-electron chi connectivity index (χ3n) is 7.06. The van der Waals surface area contributed by atoms with E-state index >= 15 is 0 Å². The number of anilines is 1. The van der Waals surface area contributed by atoms with Gasteiger partial charge in [-0.05, 0) is 24.5 Å². The van der Waals surface area contributed by atoms with Gasteiger partial charge in [-0.2, -0.15) is 18.3 Å². The van der Waals surface area contributed by atoms with Gasteiger partial charge in [0.05, 0.1) is 37.6 Å². The summed E-state index contributed by atoms with van der Waals surface area (Å²) in [5, 5.41) is 15.9. The molecular weight excluding hydrogens is 554 g/mol. The van der Waals surface area contributed by atoms with Crippen molar-refractivity contribution >= 4 is 23.3 Å². The molecule has 0 unspecified atom stereocenters. The number of carbonyl (C=O) groups excluding carboxylic acids is 2. The molecule has 0 radical (unpaired) electrons. The Kier molecular flexibility index (Phi) is 7.59. The Morgan fingerprint density at radius 1 is 1.24 bits per heavy atom. The van der Waals surface area contributed by atoms with Crippen molar-refractivity contribution in [2.75, 3.05) is 32.5 Å². The molecule has 2 aliphatic rings. The van der Waals surface area contributed by atoms with E-state index in [0.29, 0.717) is 12.3 Å². The Bertz CT molecular complexity index is 1460. The Labute approximate surface area is 230 Å². The van der Waals surface area contributed by atoms with Gasteiger partial charge in [0.1, 0.15) is 29.7 Å². The molecule has 41 heavy (non-hydrogen) atoms. The highest BCUT2D eigenvalue weighted by molar-refractivity contribution is 5.98. The number of alkyl halides is 4. The minimum atomic E-state index is -4.77. The highest BCUT2D eigenvalue weighted by atomic mass is 19.4. The second-order valence-corrected chi connectivity index (χ2v) is 10.00. The van der Waals surface area contributed by atoms with Crippen molar-refractivity contribution in [1.82, 2.24) is 29.8 Å². The first-order valence-electron chi connectivity index (χ1n) is 12.7. The number of rotatable bonds is 8. The summed E-state index contributed by atoms with van der Waals surface area (Å²) >= 11 is 0. The Morgan fingerprint density at radius 3 is 2.66 bits per heavy atom. The fraction of sp³-hybridized carbons (Fsp3) is 0.480. The first-order chi connectivity index (χ1) is 19.5. The number of carbonyl (C=O) groups is 2. The SMILES string of the molecule is COc1ncc(-c2cc(C(F)(F)F)c3c(N)ncnn23)cc1C(=O)N[C@@H]1CN(C(=O)O[C@@H](CO)CC2CC2)C[C@@H]1F. The van der Waals surface area contributed by atoms with Crippen LogP contribution in [0.15, 0.2) is 24.7 Å².